The number of hydrogen-bond donors (Lipinski definition) is 1. The normalized spacial score (nSPS) is 11.3. The topological polar surface area (TPSA) is 46.5 Å². The quantitative estimate of drug-likeness (QED) is 0.668. The lowest BCUT2D eigenvalue weighted by atomic mass is 10.1. The van der Waals surface area contributed by atoms with E-state index in [9.17, 15) is 9.90 Å². The molecule has 1 aromatic rings. The van der Waals surface area contributed by atoms with Crippen molar-refractivity contribution < 1.29 is 14.6 Å². The minimum Gasteiger partial charge on any atom is -0.456 e. The second-order valence-corrected chi connectivity index (χ2v) is 5.60. The molecular weight excluding hydrogens is 319 g/mol. The van der Waals surface area contributed by atoms with Crippen molar-refractivity contribution in [2.24, 2.45) is 0 Å². The first-order valence-corrected chi connectivity index (χ1v) is 6.04. The maximum atomic E-state index is 11.9. The highest BCUT2D eigenvalue weighted by Crippen LogP contribution is 2.21. The van der Waals surface area contributed by atoms with Gasteiger partial charge in [0.1, 0.15) is 5.60 Å². The van der Waals surface area contributed by atoms with Crippen molar-refractivity contribution in [2.45, 2.75) is 33.0 Å². The van der Waals surface area contributed by atoms with Gasteiger partial charge in [-0.3, -0.25) is 0 Å². The maximum absolute atomic E-state index is 11.9. The molecule has 0 fully saturated rings. The lowest BCUT2D eigenvalue weighted by Gasteiger charge is -2.20. The molecule has 0 atom stereocenters. The molecule has 0 aliphatic carbocycles. The number of carbonyl (C=O) groups excluding carboxylic acids is 1. The van der Waals surface area contributed by atoms with Crippen LogP contribution >= 0.6 is 22.6 Å². The molecule has 16 heavy (non-hydrogen) atoms. The van der Waals surface area contributed by atoms with Crippen LogP contribution in [0.5, 0.6) is 0 Å². The average molecular weight is 334 g/mol. The summed E-state index contributed by atoms with van der Waals surface area (Å²) in [6, 6.07) is 5.35. The molecule has 3 nitrogen and oxygen atoms in total. The third kappa shape index (κ3) is 3.45. The van der Waals surface area contributed by atoms with Gasteiger partial charge in [-0.1, -0.05) is 12.1 Å². The molecule has 0 bridgehead atoms. The van der Waals surface area contributed by atoms with Gasteiger partial charge in [-0.2, -0.15) is 0 Å². The molecule has 0 heterocycles. The van der Waals surface area contributed by atoms with Gasteiger partial charge in [0, 0.05) is 3.57 Å². The predicted octanol–water partition coefficient (Wildman–Crippen LogP) is 2.74. The largest absolute Gasteiger partial charge is 0.456 e. The van der Waals surface area contributed by atoms with Gasteiger partial charge in [-0.25, -0.2) is 4.79 Å². The van der Waals surface area contributed by atoms with Crippen molar-refractivity contribution in [1.29, 1.82) is 0 Å². The zero-order valence-electron chi connectivity index (χ0n) is 9.58. The molecule has 0 saturated heterocycles. The van der Waals surface area contributed by atoms with E-state index in [0.29, 0.717) is 11.1 Å². The molecule has 0 aromatic heterocycles. The van der Waals surface area contributed by atoms with Gasteiger partial charge in [0.15, 0.2) is 0 Å². The predicted molar refractivity (Wildman–Crippen MR) is 70.3 cm³/mol. The van der Waals surface area contributed by atoms with E-state index in [1.165, 1.54) is 0 Å². The molecule has 1 rings (SSSR count). The number of aliphatic hydroxyl groups is 1. The molecule has 1 N–H and O–H groups in total. The van der Waals surface area contributed by atoms with E-state index in [0.717, 1.165) is 3.57 Å². The van der Waals surface area contributed by atoms with Gasteiger partial charge < -0.3 is 9.84 Å². The SMILES string of the molecule is CC(C)(C)OC(=O)c1c(I)cccc1CO. The Balaban J connectivity index is 3.08. The minimum absolute atomic E-state index is 0.161. The summed E-state index contributed by atoms with van der Waals surface area (Å²) in [5.74, 6) is -0.387. The molecule has 88 valence electrons. The summed E-state index contributed by atoms with van der Waals surface area (Å²) in [5, 5.41) is 9.18. The van der Waals surface area contributed by atoms with Crippen LogP contribution in [0, 0.1) is 3.57 Å². The van der Waals surface area contributed by atoms with Crippen molar-refractivity contribution in [1.82, 2.24) is 0 Å². The minimum atomic E-state index is -0.525. The number of carbonyl (C=O) groups is 1. The summed E-state index contributed by atoms with van der Waals surface area (Å²) in [4.78, 5) is 11.9. The fourth-order valence-corrected chi connectivity index (χ4v) is 2.03. The number of ether oxygens (including phenoxy) is 1. The summed E-state index contributed by atoms with van der Waals surface area (Å²) in [7, 11) is 0. The van der Waals surface area contributed by atoms with Crippen molar-refractivity contribution in [3.63, 3.8) is 0 Å². The summed E-state index contributed by atoms with van der Waals surface area (Å²) < 4.78 is 6.08. The van der Waals surface area contributed by atoms with E-state index < -0.39 is 5.60 Å². The van der Waals surface area contributed by atoms with Crippen molar-refractivity contribution in [3.05, 3.63) is 32.9 Å². The Morgan fingerprint density at radius 2 is 2.06 bits per heavy atom. The highest BCUT2D eigenvalue weighted by Gasteiger charge is 2.21. The molecule has 0 spiro atoms. The molecule has 0 aliphatic heterocycles. The molecule has 0 unspecified atom stereocenters. The van der Waals surface area contributed by atoms with Crippen LogP contribution in [-0.2, 0) is 11.3 Å². The Morgan fingerprint density at radius 3 is 2.56 bits per heavy atom. The first kappa shape index (κ1) is 13.4. The summed E-state index contributed by atoms with van der Waals surface area (Å²) >= 11 is 2.06. The van der Waals surface area contributed by atoms with E-state index in [2.05, 4.69) is 22.6 Å². The third-order valence-electron chi connectivity index (χ3n) is 1.87. The molecule has 0 radical (unpaired) electrons. The fraction of sp³-hybridized carbons (Fsp3) is 0.417. The van der Waals surface area contributed by atoms with Crippen LogP contribution in [-0.4, -0.2) is 16.7 Å². The number of rotatable bonds is 2. The number of halogens is 1. The van der Waals surface area contributed by atoms with E-state index in [4.69, 9.17) is 4.74 Å². The monoisotopic (exact) mass is 334 g/mol. The van der Waals surface area contributed by atoms with Crippen LogP contribution < -0.4 is 0 Å². The molecule has 0 amide bonds. The first-order valence-electron chi connectivity index (χ1n) is 4.97. The van der Waals surface area contributed by atoms with E-state index in [1.54, 1.807) is 12.1 Å². The zero-order chi connectivity index (χ0) is 12.3. The molecule has 0 saturated carbocycles. The van der Waals surface area contributed by atoms with E-state index in [-0.39, 0.29) is 12.6 Å². The highest BCUT2D eigenvalue weighted by molar-refractivity contribution is 14.1. The maximum Gasteiger partial charge on any atom is 0.340 e. The fourth-order valence-electron chi connectivity index (χ4n) is 1.26. The smallest absolute Gasteiger partial charge is 0.340 e. The molecular formula is C12H15IO3. The number of hydrogen-bond acceptors (Lipinski definition) is 3. The molecule has 4 heteroatoms. The Labute approximate surface area is 109 Å². The van der Waals surface area contributed by atoms with Crippen molar-refractivity contribution in [3.8, 4) is 0 Å². The second kappa shape index (κ2) is 5.14. The number of aliphatic hydroxyl groups excluding tert-OH is 1. The van der Waals surface area contributed by atoms with Crippen molar-refractivity contribution >= 4 is 28.6 Å². The number of esters is 1. The average Bonchev–Trinajstić information content (AvgIpc) is 2.14. The lowest BCUT2D eigenvalue weighted by Crippen LogP contribution is -2.25. The Bertz CT molecular complexity index is 394. The second-order valence-electron chi connectivity index (χ2n) is 4.43. The summed E-state index contributed by atoms with van der Waals surface area (Å²) in [6.45, 7) is 5.30. The van der Waals surface area contributed by atoms with Crippen LogP contribution in [0.2, 0.25) is 0 Å². The lowest BCUT2D eigenvalue weighted by molar-refractivity contribution is 0.00653. The van der Waals surface area contributed by atoms with Crippen LogP contribution in [0.25, 0.3) is 0 Å². The molecule has 0 aliphatic rings. The van der Waals surface area contributed by atoms with Gasteiger partial charge in [-0.15, -0.1) is 0 Å². The van der Waals surface area contributed by atoms with Gasteiger partial charge in [-0.05, 0) is 55.0 Å². The first-order chi connectivity index (χ1) is 7.35. The van der Waals surface area contributed by atoms with E-state index >= 15 is 0 Å². The van der Waals surface area contributed by atoms with Crippen LogP contribution in [0.4, 0.5) is 0 Å². The van der Waals surface area contributed by atoms with Gasteiger partial charge in [0.25, 0.3) is 0 Å². The van der Waals surface area contributed by atoms with Gasteiger partial charge in [0.05, 0.1) is 12.2 Å². The third-order valence-corrected chi connectivity index (χ3v) is 2.77. The van der Waals surface area contributed by atoms with Gasteiger partial charge in [0.2, 0.25) is 0 Å². The standard InChI is InChI=1S/C12H15IO3/c1-12(2,3)16-11(15)10-8(7-14)5-4-6-9(10)13/h4-6,14H,7H2,1-3H3. The van der Waals surface area contributed by atoms with Crippen LogP contribution in [0.15, 0.2) is 18.2 Å². The summed E-state index contributed by atoms with van der Waals surface area (Å²) in [6.07, 6.45) is 0. The Morgan fingerprint density at radius 1 is 1.44 bits per heavy atom. The Kier molecular flexibility index (Phi) is 4.32. The molecule has 1 aromatic carbocycles. The Hall–Kier alpha value is -0.620. The zero-order valence-corrected chi connectivity index (χ0v) is 11.7. The van der Waals surface area contributed by atoms with Crippen LogP contribution in [0.1, 0.15) is 36.7 Å². The van der Waals surface area contributed by atoms with Crippen molar-refractivity contribution in [2.75, 3.05) is 0 Å². The summed E-state index contributed by atoms with van der Waals surface area (Å²) in [5.41, 5.74) is 0.532. The van der Waals surface area contributed by atoms with E-state index in [1.807, 2.05) is 26.8 Å². The highest BCUT2D eigenvalue weighted by atomic mass is 127. The van der Waals surface area contributed by atoms with Crippen LogP contribution in [0.3, 0.4) is 0 Å². The van der Waals surface area contributed by atoms with Gasteiger partial charge >= 0.3 is 5.97 Å². The number of benzene rings is 1.